The van der Waals surface area contributed by atoms with Crippen LogP contribution in [0.1, 0.15) is 34.1 Å². The highest BCUT2D eigenvalue weighted by molar-refractivity contribution is 5.21. The van der Waals surface area contributed by atoms with Crippen molar-refractivity contribution in [2.45, 2.75) is 51.4 Å². The van der Waals surface area contributed by atoms with E-state index in [9.17, 15) is 0 Å². The molecule has 2 heterocycles. The fourth-order valence-corrected chi connectivity index (χ4v) is 4.42. The van der Waals surface area contributed by atoms with E-state index >= 15 is 0 Å². The van der Waals surface area contributed by atoms with E-state index < -0.39 is 0 Å². The lowest BCUT2D eigenvalue weighted by atomic mass is 9.48. The van der Waals surface area contributed by atoms with Gasteiger partial charge in [-0.25, -0.2) is 0 Å². The summed E-state index contributed by atoms with van der Waals surface area (Å²) in [6.07, 6.45) is 1.49. The average Bonchev–Trinajstić information content (AvgIpc) is 2.75. The van der Waals surface area contributed by atoms with Crippen LogP contribution >= 0.6 is 0 Å². The molecule has 0 bridgehead atoms. The van der Waals surface area contributed by atoms with E-state index in [4.69, 9.17) is 15.2 Å². The monoisotopic (exact) mass is 268 g/mol. The van der Waals surface area contributed by atoms with Crippen molar-refractivity contribution >= 4 is 0 Å². The molecule has 4 nitrogen and oxygen atoms in total. The van der Waals surface area contributed by atoms with Gasteiger partial charge in [-0.2, -0.15) is 0 Å². The Kier molecular flexibility index (Phi) is 3.03. The van der Waals surface area contributed by atoms with E-state index in [2.05, 4.69) is 32.6 Å². The normalized spacial score (nSPS) is 44.7. The first kappa shape index (κ1) is 13.8. The van der Waals surface area contributed by atoms with E-state index in [1.165, 1.54) is 0 Å². The molecule has 110 valence electrons. The minimum absolute atomic E-state index is 0.0475. The van der Waals surface area contributed by atoms with Gasteiger partial charge in [-0.15, -0.1) is 0 Å². The third-order valence-corrected chi connectivity index (χ3v) is 5.65. The molecular weight excluding hydrogens is 240 g/mol. The van der Waals surface area contributed by atoms with Gasteiger partial charge in [-0.3, -0.25) is 4.90 Å². The zero-order valence-electron chi connectivity index (χ0n) is 12.7. The Labute approximate surface area is 116 Å². The molecule has 2 N–H and O–H groups in total. The molecular formula is C15H28N2O2. The molecule has 19 heavy (non-hydrogen) atoms. The van der Waals surface area contributed by atoms with Gasteiger partial charge in [0, 0.05) is 43.1 Å². The molecule has 4 heteroatoms. The zero-order chi connectivity index (χ0) is 13.9. The molecule has 1 aliphatic carbocycles. The molecule has 2 aliphatic heterocycles. The second-order valence-electron chi connectivity index (χ2n) is 7.77. The molecule has 0 aromatic heterocycles. The van der Waals surface area contributed by atoms with E-state index in [1.807, 2.05) is 0 Å². The number of rotatable bonds is 2. The summed E-state index contributed by atoms with van der Waals surface area (Å²) in [5, 5.41) is 0. The third-order valence-electron chi connectivity index (χ3n) is 5.65. The van der Waals surface area contributed by atoms with Gasteiger partial charge < -0.3 is 15.2 Å². The van der Waals surface area contributed by atoms with Crippen LogP contribution in [0, 0.1) is 11.3 Å². The predicted octanol–water partition coefficient (Wildman–Crippen LogP) is 1.24. The zero-order valence-corrected chi connectivity index (χ0v) is 12.7. The van der Waals surface area contributed by atoms with Crippen LogP contribution in [0.4, 0.5) is 0 Å². The molecule has 0 aromatic carbocycles. The number of hydrogen-bond donors (Lipinski definition) is 1. The summed E-state index contributed by atoms with van der Waals surface area (Å²) in [5.41, 5.74) is 6.75. The maximum absolute atomic E-state index is 6.82. The van der Waals surface area contributed by atoms with Gasteiger partial charge in [0.2, 0.25) is 0 Å². The summed E-state index contributed by atoms with van der Waals surface area (Å²) in [7, 11) is 0. The number of nitrogens with two attached hydrogens (primary N) is 1. The van der Waals surface area contributed by atoms with Gasteiger partial charge >= 0.3 is 0 Å². The lowest BCUT2D eigenvalue weighted by Crippen LogP contribution is -2.78. The Morgan fingerprint density at radius 3 is 2.63 bits per heavy atom. The van der Waals surface area contributed by atoms with Gasteiger partial charge in [-0.1, -0.05) is 13.8 Å². The van der Waals surface area contributed by atoms with Crippen LogP contribution in [0.25, 0.3) is 0 Å². The molecule has 2 saturated heterocycles. The quantitative estimate of drug-likeness (QED) is 0.818. The minimum atomic E-state index is -0.110. The van der Waals surface area contributed by atoms with Crippen molar-refractivity contribution in [3.05, 3.63) is 0 Å². The number of hydrogen-bond acceptors (Lipinski definition) is 4. The summed E-state index contributed by atoms with van der Waals surface area (Å²) in [4.78, 5) is 2.49. The second kappa shape index (κ2) is 4.17. The lowest BCUT2D eigenvalue weighted by molar-refractivity contribution is -0.174. The number of ether oxygens (including phenoxy) is 2. The second-order valence-corrected chi connectivity index (χ2v) is 7.77. The SMILES string of the molecule is CC1(C)CN(CC2(N)C3CCOC3C2(C)C)CCO1. The van der Waals surface area contributed by atoms with Crippen molar-refractivity contribution in [3.63, 3.8) is 0 Å². The highest BCUT2D eigenvalue weighted by atomic mass is 16.5. The Hall–Kier alpha value is -0.160. The third kappa shape index (κ3) is 1.96. The smallest absolute Gasteiger partial charge is 0.0753 e. The fraction of sp³-hybridized carbons (Fsp3) is 1.00. The van der Waals surface area contributed by atoms with Gasteiger partial charge in [0.25, 0.3) is 0 Å². The van der Waals surface area contributed by atoms with Crippen molar-refractivity contribution in [3.8, 4) is 0 Å². The standard InChI is InChI=1S/C15H28N2O2/c1-13(2)9-17(6-8-19-13)10-15(16)11-5-7-18-12(11)14(15,3)4/h11-12H,5-10,16H2,1-4H3. The van der Waals surface area contributed by atoms with E-state index in [1.54, 1.807) is 0 Å². The van der Waals surface area contributed by atoms with Crippen LogP contribution in [-0.2, 0) is 9.47 Å². The van der Waals surface area contributed by atoms with Gasteiger partial charge in [0.15, 0.2) is 0 Å². The minimum Gasteiger partial charge on any atom is -0.377 e. The van der Waals surface area contributed by atoms with Crippen LogP contribution in [0.15, 0.2) is 0 Å². The molecule has 0 amide bonds. The average molecular weight is 268 g/mol. The number of nitrogens with zero attached hydrogens (tertiary/aromatic N) is 1. The Bertz CT molecular complexity index is 369. The van der Waals surface area contributed by atoms with E-state index in [0.717, 1.165) is 39.3 Å². The predicted molar refractivity (Wildman–Crippen MR) is 75.0 cm³/mol. The fourth-order valence-electron chi connectivity index (χ4n) is 4.42. The molecule has 3 rings (SSSR count). The van der Waals surface area contributed by atoms with Crippen LogP contribution in [0.2, 0.25) is 0 Å². The lowest BCUT2D eigenvalue weighted by Gasteiger charge is -2.64. The van der Waals surface area contributed by atoms with Crippen LogP contribution in [0.3, 0.4) is 0 Å². The summed E-state index contributed by atoms with van der Waals surface area (Å²) in [6, 6.07) is 0. The molecule has 1 saturated carbocycles. The molecule has 3 atom stereocenters. The molecule has 0 radical (unpaired) electrons. The summed E-state index contributed by atoms with van der Waals surface area (Å²) in [5.74, 6) is 0.536. The Balaban J connectivity index is 1.72. The topological polar surface area (TPSA) is 47.7 Å². The van der Waals surface area contributed by atoms with E-state index in [0.29, 0.717) is 12.0 Å². The first-order chi connectivity index (χ1) is 8.76. The number of morpholine rings is 1. The van der Waals surface area contributed by atoms with Crippen LogP contribution in [0.5, 0.6) is 0 Å². The maximum atomic E-state index is 6.82. The van der Waals surface area contributed by atoms with Gasteiger partial charge in [0.05, 0.1) is 18.3 Å². The van der Waals surface area contributed by atoms with E-state index in [-0.39, 0.29) is 16.6 Å². The summed E-state index contributed by atoms with van der Waals surface area (Å²) in [6.45, 7) is 13.5. The van der Waals surface area contributed by atoms with Crippen molar-refractivity contribution in [2.75, 3.05) is 32.8 Å². The molecule has 3 fully saturated rings. The first-order valence-electron chi connectivity index (χ1n) is 7.53. The number of fused-ring (bicyclic) bond motifs is 1. The van der Waals surface area contributed by atoms with Gasteiger partial charge in [-0.05, 0) is 20.3 Å². The summed E-state index contributed by atoms with van der Waals surface area (Å²) >= 11 is 0. The van der Waals surface area contributed by atoms with Crippen LogP contribution < -0.4 is 5.73 Å². The molecule has 0 spiro atoms. The van der Waals surface area contributed by atoms with Crippen LogP contribution in [-0.4, -0.2) is 55.0 Å². The highest BCUT2D eigenvalue weighted by Crippen LogP contribution is 2.58. The molecule has 0 aromatic rings. The Morgan fingerprint density at radius 1 is 1.21 bits per heavy atom. The molecule has 3 aliphatic rings. The Morgan fingerprint density at radius 2 is 1.95 bits per heavy atom. The van der Waals surface area contributed by atoms with Crippen molar-refractivity contribution < 1.29 is 9.47 Å². The maximum Gasteiger partial charge on any atom is 0.0753 e. The molecule has 3 unspecified atom stereocenters. The highest BCUT2D eigenvalue weighted by Gasteiger charge is 2.67. The van der Waals surface area contributed by atoms with Crippen molar-refractivity contribution in [1.82, 2.24) is 4.90 Å². The first-order valence-corrected chi connectivity index (χ1v) is 7.53. The van der Waals surface area contributed by atoms with Crippen molar-refractivity contribution in [2.24, 2.45) is 17.1 Å². The van der Waals surface area contributed by atoms with Crippen molar-refractivity contribution in [1.29, 1.82) is 0 Å². The largest absolute Gasteiger partial charge is 0.377 e. The summed E-state index contributed by atoms with van der Waals surface area (Å²) < 4.78 is 11.7. The van der Waals surface area contributed by atoms with Gasteiger partial charge in [0.1, 0.15) is 0 Å².